The predicted molar refractivity (Wildman–Crippen MR) is 66.5 cm³/mol. The van der Waals surface area contributed by atoms with Gasteiger partial charge in [-0.05, 0) is 27.2 Å². The van der Waals surface area contributed by atoms with Crippen LogP contribution in [0.5, 0.6) is 0 Å². The number of ketones is 1. The summed E-state index contributed by atoms with van der Waals surface area (Å²) in [6, 6.07) is 0. The van der Waals surface area contributed by atoms with E-state index in [0.717, 1.165) is 0 Å². The number of Topliss-reactive ketones (excluding diaryl/α,β-unsaturated/α-hetero) is 1. The molecule has 19 heavy (non-hydrogen) atoms. The van der Waals surface area contributed by atoms with Gasteiger partial charge in [0.1, 0.15) is 5.60 Å². The Kier molecular flexibility index (Phi) is 4.88. The molecule has 0 aromatic heterocycles. The topological polar surface area (TPSA) is 105 Å². The molecule has 1 saturated heterocycles. The van der Waals surface area contributed by atoms with Crippen molar-refractivity contribution in [1.82, 2.24) is 10.6 Å². The summed E-state index contributed by atoms with van der Waals surface area (Å²) in [6.07, 6.45) is -1.10. The molecule has 1 amide bonds. The monoisotopic (exact) mass is 272 g/mol. The van der Waals surface area contributed by atoms with Crippen molar-refractivity contribution in [2.45, 2.75) is 45.4 Å². The predicted octanol–water partition coefficient (Wildman–Crippen LogP) is 0.491. The van der Waals surface area contributed by atoms with Crippen LogP contribution in [0.4, 0.5) is 4.79 Å². The van der Waals surface area contributed by atoms with Gasteiger partial charge >= 0.3 is 12.1 Å². The number of aliphatic carboxylic acids is 1. The van der Waals surface area contributed by atoms with Crippen molar-refractivity contribution < 1.29 is 24.2 Å². The summed E-state index contributed by atoms with van der Waals surface area (Å²) in [5, 5.41) is 14.0. The quantitative estimate of drug-likeness (QED) is 0.688. The van der Waals surface area contributed by atoms with Gasteiger partial charge in [0, 0.05) is 6.42 Å². The second-order valence-electron chi connectivity index (χ2n) is 5.51. The molecule has 0 bridgehead atoms. The highest BCUT2D eigenvalue weighted by atomic mass is 16.6. The van der Waals surface area contributed by atoms with Gasteiger partial charge < -0.3 is 15.2 Å². The minimum Gasteiger partial charge on any atom is -0.481 e. The smallest absolute Gasteiger partial charge is 0.408 e. The number of carboxylic acids is 1. The van der Waals surface area contributed by atoms with Crippen LogP contribution in [0.15, 0.2) is 0 Å². The molecule has 0 saturated carbocycles. The molecule has 1 aliphatic heterocycles. The molecule has 7 heteroatoms. The molecule has 0 aromatic carbocycles. The maximum absolute atomic E-state index is 11.6. The number of nitrogens with one attached hydrogen (secondary N) is 2. The highest BCUT2D eigenvalue weighted by Crippen LogP contribution is 2.17. The lowest BCUT2D eigenvalue weighted by Crippen LogP contribution is -2.47. The first-order valence-corrected chi connectivity index (χ1v) is 6.16. The van der Waals surface area contributed by atoms with Crippen LogP contribution in [0.1, 0.15) is 33.6 Å². The molecule has 0 radical (unpaired) electrons. The van der Waals surface area contributed by atoms with Gasteiger partial charge in [-0.2, -0.15) is 0 Å². The van der Waals surface area contributed by atoms with E-state index in [0.29, 0.717) is 0 Å². The number of hydrogen-bond donors (Lipinski definition) is 3. The Morgan fingerprint density at radius 3 is 2.63 bits per heavy atom. The van der Waals surface area contributed by atoms with Gasteiger partial charge in [0.25, 0.3) is 0 Å². The number of hydrogen-bond acceptors (Lipinski definition) is 5. The van der Waals surface area contributed by atoms with Gasteiger partial charge in [-0.1, -0.05) is 0 Å². The number of carbonyl (C=O) groups is 3. The van der Waals surface area contributed by atoms with Crippen LogP contribution in [-0.2, 0) is 14.3 Å². The van der Waals surface area contributed by atoms with Crippen molar-refractivity contribution in [3.05, 3.63) is 0 Å². The van der Waals surface area contributed by atoms with E-state index in [4.69, 9.17) is 9.84 Å². The van der Waals surface area contributed by atoms with E-state index in [1.165, 1.54) is 0 Å². The Morgan fingerprint density at radius 1 is 1.47 bits per heavy atom. The molecule has 1 rings (SSSR count). The van der Waals surface area contributed by atoms with E-state index in [1.807, 2.05) is 0 Å². The Morgan fingerprint density at radius 2 is 2.11 bits per heavy atom. The van der Waals surface area contributed by atoms with Crippen molar-refractivity contribution in [3.63, 3.8) is 0 Å². The van der Waals surface area contributed by atoms with Crippen LogP contribution >= 0.6 is 0 Å². The summed E-state index contributed by atoms with van der Waals surface area (Å²) in [7, 11) is 0. The van der Waals surface area contributed by atoms with Gasteiger partial charge in [-0.15, -0.1) is 0 Å². The first kappa shape index (κ1) is 15.4. The maximum atomic E-state index is 11.6. The third-order valence-corrected chi connectivity index (χ3v) is 2.65. The Bertz CT molecular complexity index is 375. The van der Waals surface area contributed by atoms with Crippen LogP contribution in [0.2, 0.25) is 0 Å². The first-order valence-electron chi connectivity index (χ1n) is 6.16. The van der Waals surface area contributed by atoms with Gasteiger partial charge in [0.05, 0.1) is 18.6 Å². The largest absolute Gasteiger partial charge is 0.481 e. The minimum absolute atomic E-state index is 0.0951. The van der Waals surface area contributed by atoms with Crippen LogP contribution < -0.4 is 10.6 Å². The molecule has 0 aromatic rings. The third-order valence-electron chi connectivity index (χ3n) is 2.65. The number of rotatable bonds is 4. The van der Waals surface area contributed by atoms with Crippen LogP contribution in [0.3, 0.4) is 0 Å². The number of ether oxygens (including phenoxy) is 1. The van der Waals surface area contributed by atoms with Crippen LogP contribution in [0.25, 0.3) is 0 Å². The van der Waals surface area contributed by atoms with Crippen molar-refractivity contribution in [3.8, 4) is 0 Å². The molecule has 1 fully saturated rings. The van der Waals surface area contributed by atoms with Crippen LogP contribution in [0, 0.1) is 5.92 Å². The molecule has 1 unspecified atom stereocenters. The van der Waals surface area contributed by atoms with Crippen molar-refractivity contribution in [2.75, 3.05) is 6.54 Å². The van der Waals surface area contributed by atoms with Gasteiger partial charge in [-0.3, -0.25) is 14.9 Å². The molecule has 108 valence electrons. The van der Waals surface area contributed by atoms with Gasteiger partial charge in [0.2, 0.25) is 0 Å². The summed E-state index contributed by atoms with van der Waals surface area (Å²) in [5.41, 5.74) is -0.622. The summed E-state index contributed by atoms with van der Waals surface area (Å²) < 4.78 is 5.09. The van der Waals surface area contributed by atoms with E-state index >= 15 is 0 Å². The van der Waals surface area contributed by atoms with Gasteiger partial charge in [-0.25, -0.2) is 4.79 Å². The highest BCUT2D eigenvalue weighted by molar-refractivity contribution is 5.87. The zero-order valence-electron chi connectivity index (χ0n) is 11.4. The molecule has 3 N–H and O–H groups in total. The number of carboxylic acid groups (broad SMARTS) is 1. The summed E-state index contributed by atoms with van der Waals surface area (Å²) >= 11 is 0. The lowest BCUT2D eigenvalue weighted by atomic mass is 9.98. The summed E-state index contributed by atoms with van der Waals surface area (Å²) in [5.74, 6) is -1.58. The van der Waals surface area contributed by atoms with E-state index in [2.05, 4.69) is 10.6 Å². The van der Waals surface area contributed by atoms with Crippen molar-refractivity contribution in [2.24, 2.45) is 5.92 Å². The standard InChI is InChI=1S/C12H20N2O5/c1-12(2,3)19-11(18)14-10-7(4-5-9(16)17)8(15)6-13-10/h7,10,13H,4-6H2,1-3H3,(H,14,18)(H,16,17)/t7?,10-/m0/s1. The molecule has 7 nitrogen and oxygen atoms in total. The number of alkyl carbamates (subject to hydrolysis) is 1. The fourth-order valence-electron chi connectivity index (χ4n) is 1.86. The van der Waals surface area contributed by atoms with E-state index in [-0.39, 0.29) is 25.2 Å². The summed E-state index contributed by atoms with van der Waals surface area (Å²) in [4.78, 5) is 33.8. The second-order valence-corrected chi connectivity index (χ2v) is 5.51. The number of amides is 1. The lowest BCUT2D eigenvalue weighted by molar-refractivity contribution is -0.137. The van der Waals surface area contributed by atoms with Crippen molar-refractivity contribution in [1.29, 1.82) is 0 Å². The fourth-order valence-corrected chi connectivity index (χ4v) is 1.86. The maximum Gasteiger partial charge on any atom is 0.408 e. The molecule has 0 aliphatic carbocycles. The van der Waals surface area contributed by atoms with Gasteiger partial charge in [0.15, 0.2) is 5.78 Å². The SMILES string of the molecule is CC(C)(C)OC(=O)N[C@@H]1NCC(=O)C1CCC(=O)O. The van der Waals surface area contributed by atoms with Crippen LogP contribution in [-0.4, -0.2) is 41.3 Å². The zero-order valence-corrected chi connectivity index (χ0v) is 11.4. The van der Waals surface area contributed by atoms with E-state index in [9.17, 15) is 14.4 Å². The average Bonchev–Trinajstić information content (AvgIpc) is 2.54. The Hall–Kier alpha value is -1.63. The molecule has 1 aliphatic rings. The third kappa shape index (κ3) is 5.25. The Labute approximate surface area is 111 Å². The second kappa shape index (κ2) is 6.01. The average molecular weight is 272 g/mol. The molecule has 1 heterocycles. The lowest BCUT2D eigenvalue weighted by Gasteiger charge is -2.23. The number of carbonyl (C=O) groups excluding carboxylic acids is 2. The molecule has 2 atom stereocenters. The normalized spacial score (nSPS) is 23.2. The first-order chi connectivity index (χ1) is 8.69. The fraction of sp³-hybridized carbons (Fsp3) is 0.750. The minimum atomic E-state index is -0.962. The zero-order chi connectivity index (χ0) is 14.6. The molecule has 0 spiro atoms. The van der Waals surface area contributed by atoms with E-state index in [1.54, 1.807) is 20.8 Å². The molecular weight excluding hydrogens is 252 g/mol. The highest BCUT2D eigenvalue weighted by Gasteiger charge is 2.36. The summed E-state index contributed by atoms with van der Waals surface area (Å²) in [6.45, 7) is 5.34. The molecular formula is C12H20N2O5. The Balaban J connectivity index is 2.53. The van der Waals surface area contributed by atoms with Crippen molar-refractivity contribution >= 4 is 17.8 Å². The van der Waals surface area contributed by atoms with E-state index < -0.39 is 29.7 Å².